The third-order valence-corrected chi connectivity index (χ3v) is 3.40. The van der Waals surface area contributed by atoms with E-state index >= 15 is 0 Å². The van der Waals surface area contributed by atoms with Gasteiger partial charge in [0.2, 0.25) is 0 Å². The first kappa shape index (κ1) is 16.2. The second-order valence-corrected chi connectivity index (χ2v) is 5.42. The van der Waals surface area contributed by atoms with Gasteiger partial charge < -0.3 is 5.11 Å². The number of ketones is 1. The molecule has 0 aliphatic carbocycles. The van der Waals surface area contributed by atoms with Gasteiger partial charge in [0.1, 0.15) is 11.7 Å². The van der Waals surface area contributed by atoms with Crippen LogP contribution in [0, 0.1) is 5.92 Å². The molecule has 1 aromatic carbocycles. The Bertz CT molecular complexity index is 501. The van der Waals surface area contributed by atoms with Gasteiger partial charge in [-0.15, -0.1) is 0 Å². The summed E-state index contributed by atoms with van der Waals surface area (Å²) in [7, 11) is 0. The number of carboxylic acids is 1. The van der Waals surface area contributed by atoms with Gasteiger partial charge in [-0.1, -0.05) is 57.2 Å². The van der Waals surface area contributed by atoms with E-state index in [1.165, 1.54) is 18.6 Å². The van der Waals surface area contributed by atoms with Crippen molar-refractivity contribution in [3.8, 4) is 0 Å². The van der Waals surface area contributed by atoms with Crippen molar-refractivity contribution in [2.75, 3.05) is 0 Å². The fourth-order valence-corrected chi connectivity index (χ4v) is 1.98. The van der Waals surface area contributed by atoms with Gasteiger partial charge in [0.05, 0.1) is 0 Å². The van der Waals surface area contributed by atoms with Crippen molar-refractivity contribution in [1.29, 1.82) is 0 Å². The van der Waals surface area contributed by atoms with Gasteiger partial charge in [-0.25, -0.2) is 0 Å². The van der Waals surface area contributed by atoms with E-state index in [4.69, 9.17) is 5.11 Å². The molecule has 1 rings (SSSR count). The highest BCUT2D eigenvalue weighted by molar-refractivity contribution is 5.98. The molecule has 0 heterocycles. The van der Waals surface area contributed by atoms with Gasteiger partial charge in [-0.2, -0.15) is 0 Å². The van der Waals surface area contributed by atoms with E-state index in [0.29, 0.717) is 5.92 Å². The highest BCUT2D eigenvalue weighted by Gasteiger charge is 2.19. The van der Waals surface area contributed by atoms with Crippen molar-refractivity contribution in [3.05, 3.63) is 47.5 Å². The summed E-state index contributed by atoms with van der Waals surface area (Å²) >= 11 is 0. The van der Waals surface area contributed by atoms with Crippen molar-refractivity contribution in [2.24, 2.45) is 5.92 Å². The largest absolute Gasteiger partial charge is 0.480 e. The van der Waals surface area contributed by atoms with Crippen LogP contribution in [0.15, 0.2) is 36.4 Å². The predicted octanol–water partition coefficient (Wildman–Crippen LogP) is 3.76. The van der Waals surface area contributed by atoms with Crippen LogP contribution in [0.1, 0.15) is 50.7 Å². The smallest absolute Gasteiger partial charge is 0.317 e. The molecule has 3 nitrogen and oxygen atoms in total. The number of hydrogen-bond donors (Lipinski definition) is 1. The Morgan fingerprint density at radius 3 is 2.20 bits per heavy atom. The molecule has 0 radical (unpaired) electrons. The van der Waals surface area contributed by atoms with E-state index in [9.17, 15) is 9.59 Å². The number of rotatable bonds is 6. The molecular formula is C17H22O3. The lowest BCUT2D eigenvalue weighted by Crippen LogP contribution is -2.19. The SMILES string of the molecule is CC(=O)C(C=CC(C)c1cccc(C(C)C)c1)C(=O)O. The summed E-state index contributed by atoms with van der Waals surface area (Å²) in [5.74, 6) is -1.97. The minimum absolute atomic E-state index is 0.0786. The molecule has 20 heavy (non-hydrogen) atoms. The summed E-state index contributed by atoms with van der Waals surface area (Å²) in [5, 5.41) is 8.97. The number of carboxylic acid groups (broad SMARTS) is 1. The van der Waals surface area contributed by atoms with Crippen LogP contribution >= 0.6 is 0 Å². The van der Waals surface area contributed by atoms with E-state index < -0.39 is 11.9 Å². The third-order valence-electron chi connectivity index (χ3n) is 3.40. The van der Waals surface area contributed by atoms with Gasteiger partial charge in [-0.3, -0.25) is 9.59 Å². The molecule has 2 unspecified atom stereocenters. The first-order valence-corrected chi connectivity index (χ1v) is 6.84. The second-order valence-electron chi connectivity index (χ2n) is 5.42. The highest BCUT2D eigenvalue weighted by atomic mass is 16.4. The first-order valence-electron chi connectivity index (χ1n) is 6.84. The zero-order chi connectivity index (χ0) is 15.3. The molecular weight excluding hydrogens is 252 g/mol. The molecule has 0 aliphatic rings. The van der Waals surface area contributed by atoms with E-state index in [1.54, 1.807) is 6.08 Å². The molecule has 1 N–H and O–H groups in total. The van der Waals surface area contributed by atoms with E-state index in [2.05, 4.69) is 26.0 Å². The molecule has 3 heteroatoms. The maximum Gasteiger partial charge on any atom is 0.317 e. The summed E-state index contributed by atoms with van der Waals surface area (Å²) in [4.78, 5) is 22.2. The number of allylic oxidation sites excluding steroid dienone is 1. The first-order chi connectivity index (χ1) is 9.32. The lowest BCUT2D eigenvalue weighted by atomic mass is 9.93. The Morgan fingerprint density at radius 1 is 1.10 bits per heavy atom. The summed E-state index contributed by atoms with van der Waals surface area (Å²) in [6, 6.07) is 8.24. The molecule has 0 saturated carbocycles. The van der Waals surface area contributed by atoms with E-state index in [1.807, 2.05) is 19.1 Å². The van der Waals surface area contributed by atoms with Crippen LogP contribution in [0.3, 0.4) is 0 Å². The van der Waals surface area contributed by atoms with Crippen molar-refractivity contribution < 1.29 is 14.7 Å². The van der Waals surface area contributed by atoms with Gasteiger partial charge in [0, 0.05) is 0 Å². The molecule has 2 atom stereocenters. The summed E-state index contributed by atoms with van der Waals surface area (Å²) in [6.45, 7) is 7.56. The van der Waals surface area contributed by atoms with Crippen LogP contribution in [0.25, 0.3) is 0 Å². The molecule has 0 fully saturated rings. The van der Waals surface area contributed by atoms with E-state index in [-0.39, 0.29) is 11.7 Å². The minimum atomic E-state index is -1.10. The van der Waals surface area contributed by atoms with Crippen LogP contribution in [-0.2, 0) is 9.59 Å². The zero-order valence-electron chi connectivity index (χ0n) is 12.5. The number of hydrogen-bond acceptors (Lipinski definition) is 2. The Hall–Kier alpha value is -1.90. The maximum absolute atomic E-state index is 11.2. The van der Waals surface area contributed by atoms with Crippen molar-refractivity contribution >= 4 is 11.8 Å². The number of carbonyl (C=O) groups excluding carboxylic acids is 1. The highest BCUT2D eigenvalue weighted by Crippen LogP contribution is 2.22. The quantitative estimate of drug-likeness (QED) is 0.634. The van der Waals surface area contributed by atoms with Crippen molar-refractivity contribution in [1.82, 2.24) is 0 Å². The predicted molar refractivity (Wildman–Crippen MR) is 79.9 cm³/mol. The molecule has 0 aromatic heterocycles. The average molecular weight is 274 g/mol. The fourth-order valence-electron chi connectivity index (χ4n) is 1.98. The molecule has 0 aliphatic heterocycles. The summed E-state index contributed by atoms with van der Waals surface area (Å²) in [5.41, 5.74) is 2.38. The van der Waals surface area contributed by atoms with Gasteiger partial charge in [0.15, 0.2) is 0 Å². The molecule has 108 valence electrons. The number of Topliss-reactive ketones (excluding diaryl/α,β-unsaturated/α-hetero) is 1. The van der Waals surface area contributed by atoms with Crippen LogP contribution in [0.5, 0.6) is 0 Å². The molecule has 0 spiro atoms. The molecule has 0 saturated heterocycles. The van der Waals surface area contributed by atoms with Crippen LogP contribution in [0.4, 0.5) is 0 Å². The Kier molecular flexibility index (Phi) is 5.68. The molecule has 1 aromatic rings. The van der Waals surface area contributed by atoms with Crippen LogP contribution in [0.2, 0.25) is 0 Å². The van der Waals surface area contributed by atoms with Crippen molar-refractivity contribution in [2.45, 2.75) is 39.5 Å². The van der Waals surface area contributed by atoms with Crippen LogP contribution in [-0.4, -0.2) is 16.9 Å². The van der Waals surface area contributed by atoms with Crippen molar-refractivity contribution in [3.63, 3.8) is 0 Å². The van der Waals surface area contributed by atoms with Gasteiger partial charge >= 0.3 is 5.97 Å². The number of carbonyl (C=O) groups is 2. The normalized spacial score (nSPS) is 14.4. The van der Waals surface area contributed by atoms with Gasteiger partial charge in [-0.05, 0) is 29.9 Å². The van der Waals surface area contributed by atoms with E-state index in [0.717, 1.165) is 5.56 Å². The maximum atomic E-state index is 11.2. The Balaban J connectivity index is 2.90. The Labute approximate surface area is 120 Å². The lowest BCUT2D eigenvalue weighted by molar-refractivity contribution is -0.143. The summed E-state index contributed by atoms with van der Waals surface area (Å²) in [6.07, 6.45) is 3.27. The molecule has 0 amide bonds. The standard InChI is InChI=1S/C17H22O3/c1-11(2)14-6-5-7-15(10-14)12(3)8-9-16(13(4)18)17(19)20/h5-12,16H,1-4H3,(H,19,20). The lowest BCUT2D eigenvalue weighted by Gasteiger charge is -2.12. The zero-order valence-corrected chi connectivity index (χ0v) is 12.5. The molecule has 0 bridgehead atoms. The topological polar surface area (TPSA) is 54.4 Å². The summed E-state index contributed by atoms with van der Waals surface area (Å²) < 4.78 is 0. The monoisotopic (exact) mass is 274 g/mol. The third kappa shape index (κ3) is 4.34. The van der Waals surface area contributed by atoms with Gasteiger partial charge in [0.25, 0.3) is 0 Å². The fraction of sp³-hybridized carbons (Fsp3) is 0.412. The minimum Gasteiger partial charge on any atom is -0.480 e. The number of aliphatic carboxylic acids is 1. The van der Waals surface area contributed by atoms with Crippen LogP contribution < -0.4 is 0 Å². The second kappa shape index (κ2) is 7.04. The number of benzene rings is 1. The Morgan fingerprint density at radius 2 is 1.70 bits per heavy atom. The average Bonchev–Trinajstić information content (AvgIpc) is 2.38.